The third-order valence-corrected chi connectivity index (χ3v) is 4.37. The molecule has 2 rings (SSSR count). The van der Waals surface area contributed by atoms with Crippen molar-refractivity contribution in [3.63, 3.8) is 0 Å². The first-order valence-electron chi connectivity index (χ1n) is 8.42. The maximum absolute atomic E-state index is 13.4. The molecule has 0 aromatic heterocycles. The Morgan fingerprint density at radius 1 is 1.14 bits per heavy atom. The van der Waals surface area contributed by atoms with E-state index in [0.29, 0.717) is 18.8 Å². The Morgan fingerprint density at radius 2 is 1.75 bits per heavy atom. The highest BCUT2D eigenvalue weighted by molar-refractivity contribution is 5.98. The topological polar surface area (TPSA) is 72.1 Å². The van der Waals surface area contributed by atoms with Crippen LogP contribution in [0.4, 0.5) is 13.2 Å². The second-order valence-corrected chi connectivity index (χ2v) is 5.94. The van der Waals surface area contributed by atoms with Gasteiger partial charge in [0, 0.05) is 32.7 Å². The maximum Gasteiger partial charge on any atom is 0.405 e. The molecule has 0 saturated carbocycles. The van der Waals surface area contributed by atoms with Gasteiger partial charge < -0.3 is 24.8 Å². The molecular formula is C17H25ClF3N3O4. The summed E-state index contributed by atoms with van der Waals surface area (Å²) >= 11 is 0. The molecule has 1 aliphatic rings. The molecule has 2 N–H and O–H groups in total. The van der Waals surface area contributed by atoms with E-state index in [4.69, 9.17) is 14.2 Å². The number of ether oxygens (including phenoxy) is 3. The summed E-state index contributed by atoms with van der Waals surface area (Å²) in [6, 6.07) is 1.16. The Kier molecular flexibility index (Phi) is 9.12. The molecule has 1 atom stereocenters. The van der Waals surface area contributed by atoms with Gasteiger partial charge in [-0.2, -0.15) is 13.2 Å². The number of hydrogen-bond donors (Lipinski definition) is 2. The second kappa shape index (κ2) is 10.6. The van der Waals surface area contributed by atoms with Crippen LogP contribution in [0.15, 0.2) is 12.1 Å². The quantitative estimate of drug-likeness (QED) is 0.690. The van der Waals surface area contributed by atoms with Crippen molar-refractivity contribution in [2.75, 3.05) is 54.1 Å². The van der Waals surface area contributed by atoms with Crippen molar-refractivity contribution < 1.29 is 32.2 Å². The molecule has 1 amide bonds. The van der Waals surface area contributed by atoms with Crippen LogP contribution in [0, 0.1) is 0 Å². The average Bonchev–Trinajstić information content (AvgIpc) is 2.66. The SMILES string of the molecule is COc1ccc(C(=O)NCC(N2CCNCC2)C(F)(F)F)c(OC)c1OC.Cl. The van der Waals surface area contributed by atoms with Crippen LogP contribution in [0.1, 0.15) is 10.4 Å². The summed E-state index contributed by atoms with van der Waals surface area (Å²) in [5, 5.41) is 5.38. The van der Waals surface area contributed by atoms with Crippen LogP contribution in [-0.2, 0) is 0 Å². The highest BCUT2D eigenvalue weighted by Gasteiger charge is 2.44. The molecule has 160 valence electrons. The minimum absolute atomic E-state index is 0. The fraction of sp³-hybridized carbons (Fsp3) is 0.588. The van der Waals surface area contributed by atoms with E-state index in [1.807, 2.05) is 0 Å². The lowest BCUT2D eigenvalue weighted by molar-refractivity contribution is -0.183. The zero-order valence-corrected chi connectivity index (χ0v) is 16.7. The fourth-order valence-corrected chi connectivity index (χ4v) is 3.01. The van der Waals surface area contributed by atoms with E-state index in [9.17, 15) is 18.0 Å². The molecule has 28 heavy (non-hydrogen) atoms. The van der Waals surface area contributed by atoms with Crippen molar-refractivity contribution in [2.24, 2.45) is 0 Å². The Morgan fingerprint density at radius 3 is 2.25 bits per heavy atom. The predicted molar refractivity (Wildman–Crippen MR) is 100.0 cm³/mol. The van der Waals surface area contributed by atoms with Crippen LogP contribution >= 0.6 is 12.4 Å². The number of nitrogens with one attached hydrogen (secondary N) is 2. The van der Waals surface area contributed by atoms with Gasteiger partial charge in [-0.05, 0) is 12.1 Å². The molecule has 0 spiro atoms. The van der Waals surface area contributed by atoms with Gasteiger partial charge in [0.2, 0.25) is 5.75 Å². The zero-order valence-electron chi connectivity index (χ0n) is 15.9. The molecule has 1 saturated heterocycles. The van der Waals surface area contributed by atoms with Gasteiger partial charge in [0.1, 0.15) is 6.04 Å². The van der Waals surface area contributed by atoms with Crippen LogP contribution < -0.4 is 24.8 Å². The largest absolute Gasteiger partial charge is 0.493 e. The van der Waals surface area contributed by atoms with Crippen molar-refractivity contribution in [1.82, 2.24) is 15.5 Å². The number of carbonyl (C=O) groups is 1. The van der Waals surface area contributed by atoms with E-state index in [2.05, 4.69) is 10.6 Å². The predicted octanol–water partition coefficient (Wildman–Crippen LogP) is 1.70. The molecule has 1 heterocycles. The number of piperazine rings is 1. The van der Waals surface area contributed by atoms with Crippen molar-refractivity contribution >= 4 is 18.3 Å². The molecule has 0 bridgehead atoms. The van der Waals surface area contributed by atoms with Gasteiger partial charge in [0.15, 0.2) is 11.5 Å². The van der Waals surface area contributed by atoms with Gasteiger partial charge in [-0.1, -0.05) is 0 Å². The number of nitrogens with zero attached hydrogens (tertiary/aromatic N) is 1. The molecule has 11 heteroatoms. The van der Waals surface area contributed by atoms with Gasteiger partial charge in [-0.3, -0.25) is 9.69 Å². The normalized spacial score (nSPS) is 15.9. The fourth-order valence-electron chi connectivity index (χ4n) is 3.01. The Hall–Kier alpha value is -1.91. The first-order valence-corrected chi connectivity index (χ1v) is 8.42. The minimum atomic E-state index is -4.45. The molecule has 0 radical (unpaired) electrons. The smallest absolute Gasteiger partial charge is 0.405 e. The number of methoxy groups -OCH3 is 3. The van der Waals surface area contributed by atoms with E-state index in [1.54, 1.807) is 0 Å². The van der Waals surface area contributed by atoms with Crippen molar-refractivity contribution in [1.29, 1.82) is 0 Å². The molecular weight excluding hydrogens is 403 g/mol. The van der Waals surface area contributed by atoms with Gasteiger partial charge in [-0.25, -0.2) is 0 Å². The summed E-state index contributed by atoms with van der Waals surface area (Å²) < 4.78 is 55.9. The van der Waals surface area contributed by atoms with Crippen LogP contribution in [0.5, 0.6) is 17.2 Å². The van der Waals surface area contributed by atoms with E-state index < -0.39 is 24.7 Å². The lowest BCUT2D eigenvalue weighted by atomic mass is 10.1. The van der Waals surface area contributed by atoms with Crippen molar-refractivity contribution in [2.45, 2.75) is 12.2 Å². The lowest BCUT2D eigenvalue weighted by Crippen LogP contribution is -2.57. The molecule has 1 aromatic rings. The third-order valence-electron chi connectivity index (χ3n) is 4.37. The van der Waals surface area contributed by atoms with E-state index in [-0.39, 0.29) is 42.6 Å². The first kappa shape index (κ1) is 24.1. The molecule has 7 nitrogen and oxygen atoms in total. The number of halogens is 4. The molecule has 1 fully saturated rings. The number of rotatable bonds is 7. The van der Waals surface area contributed by atoms with E-state index in [0.717, 1.165) is 0 Å². The second-order valence-electron chi connectivity index (χ2n) is 5.94. The van der Waals surface area contributed by atoms with E-state index >= 15 is 0 Å². The third kappa shape index (κ3) is 5.55. The summed E-state index contributed by atoms with van der Waals surface area (Å²) in [6.45, 7) is 0.924. The standard InChI is InChI=1S/C17H24F3N3O4.ClH/c1-25-12-5-4-11(14(26-2)15(12)27-3)16(24)22-10-13(17(18,19)20)23-8-6-21-7-9-23;/h4-5,13,21H,6-10H2,1-3H3,(H,22,24);1H. The molecule has 1 aromatic carbocycles. The van der Waals surface area contributed by atoms with Crippen molar-refractivity contribution in [3.8, 4) is 17.2 Å². The van der Waals surface area contributed by atoms with Gasteiger partial charge in [-0.15, -0.1) is 12.4 Å². The van der Waals surface area contributed by atoms with Crippen LogP contribution in [0.2, 0.25) is 0 Å². The van der Waals surface area contributed by atoms with Gasteiger partial charge in [0.05, 0.1) is 26.9 Å². The number of amides is 1. The van der Waals surface area contributed by atoms with E-state index in [1.165, 1.54) is 38.4 Å². The van der Waals surface area contributed by atoms with Crippen LogP contribution in [-0.4, -0.2) is 77.1 Å². The number of alkyl halides is 3. The number of benzene rings is 1. The summed E-state index contributed by atoms with van der Waals surface area (Å²) in [5.74, 6) is -0.0423. The first-order chi connectivity index (χ1) is 12.8. The van der Waals surface area contributed by atoms with Crippen molar-refractivity contribution in [3.05, 3.63) is 17.7 Å². The molecule has 1 aliphatic heterocycles. The number of carbonyl (C=O) groups excluding carboxylic acids is 1. The summed E-state index contributed by atoms with van der Waals surface area (Å²) in [7, 11) is 4.15. The highest BCUT2D eigenvalue weighted by atomic mass is 35.5. The lowest BCUT2D eigenvalue weighted by Gasteiger charge is -2.35. The minimum Gasteiger partial charge on any atom is -0.493 e. The monoisotopic (exact) mass is 427 g/mol. The summed E-state index contributed by atoms with van der Waals surface area (Å²) in [5.41, 5.74) is 0.0661. The Labute approximate surface area is 167 Å². The van der Waals surface area contributed by atoms with Crippen LogP contribution in [0.3, 0.4) is 0 Å². The Balaban J connectivity index is 0.00000392. The molecule has 0 aliphatic carbocycles. The summed E-state index contributed by atoms with van der Waals surface area (Å²) in [6.07, 6.45) is -4.45. The maximum atomic E-state index is 13.4. The zero-order chi connectivity index (χ0) is 20.0. The molecule has 1 unspecified atom stereocenters. The van der Waals surface area contributed by atoms with Crippen LogP contribution in [0.25, 0.3) is 0 Å². The van der Waals surface area contributed by atoms with Gasteiger partial charge in [0.25, 0.3) is 5.91 Å². The Bertz CT molecular complexity index is 655. The average molecular weight is 428 g/mol. The number of hydrogen-bond acceptors (Lipinski definition) is 6. The highest BCUT2D eigenvalue weighted by Crippen LogP contribution is 2.39. The van der Waals surface area contributed by atoms with Gasteiger partial charge >= 0.3 is 6.18 Å². The summed E-state index contributed by atoms with van der Waals surface area (Å²) in [4.78, 5) is 13.8.